The van der Waals surface area contributed by atoms with Crippen LogP contribution in [0.2, 0.25) is 0 Å². The van der Waals surface area contributed by atoms with Gasteiger partial charge in [0.15, 0.2) is 22.7 Å². The minimum atomic E-state index is -0.299. The molecule has 2 heterocycles. The van der Waals surface area contributed by atoms with Crippen LogP contribution in [0, 0.1) is 0 Å². The Balaban J connectivity index is 1.39. The molecule has 1 amide bonds. The third kappa shape index (κ3) is 4.09. The maximum atomic E-state index is 12.4. The maximum absolute atomic E-state index is 12.4. The lowest BCUT2D eigenvalue weighted by atomic mass is 10.2. The first-order valence-corrected chi connectivity index (χ1v) is 9.99. The Labute approximate surface area is 167 Å². The van der Waals surface area contributed by atoms with Crippen LogP contribution in [0.4, 0.5) is 5.13 Å². The van der Waals surface area contributed by atoms with E-state index in [1.54, 1.807) is 24.3 Å². The second kappa shape index (κ2) is 8.31. The molecule has 0 fully saturated rings. The molecular formula is C21H20N2O4S. The van der Waals surface area contributed by atoms with Gasteiger partial charge in [-0.15, -0.1) is 11.3 Å². The van der Waals surface area contributed by atoms with Gasteiger partial charge in [-0.3, -0.25) is 10.1 Å². The van der Waals surface area contributed by atoms with Crippen LogP contribution in [0.3, 0.4) is 0 Å². The number of benzene rings is 2. The number of para-hydroxylation sites is 2. The number of rotatable bonds is 6. The number of ether oxygens (including phenoxy) is 3. The zero-order valence-corrected chi connectivity index (χ0v) is 16.2. The zero-order valence-electron chi connectivity index (χ0n) is 15.4. The van der Waals surface area contributed by atoms with Crippen LogP contribution in [0.1, 0.15) is 35.5 Å². The fourth-order valence-corrected chi connectivity index (χ4v) is 3.50. The minimum Gasteiger partial charge on any atom is -0.494 e. The second-order valence-electron chi connectivity index (χ2n) is 6.27. The van der Waals surface area contributed by atoms with Crippen molar-refractivity contribution in [2.45, 2.75) is 19.4 Å². The summed E-state index contributed by atoms with van der Waals surface area (Å²) in [4.78, 5) is 16.9. The Morgan fingerprint density at radius 2 is 2.00 bits per heavy atom. The third-order valence-corrected chi connectivity index (χ3v) is 4.95. The summed E-state index contributed by atoms with van der Waals surface area (Å²) in [6, 6.07) is 14.6. The lowest BCUT2D eigenvalue weighted by Gasteiger charge is -2.25. The third-order valence-electron chi connectivity index (χ3n) is 4.17. The molecule has 0 aliphatic carbocycles. The molecular weight excluding hydrogens is 376 g/mol. The SMILES string of the molecule is CCCOc1ccc(C(=O)Nc2nc(C3COc4ccccc4O3)cs2)cc1. The summed E-state index contributed by atoms with van der Waals surface area (Å²) in [5.74, 6) is 1.97. The van der Waals surface area contributed by atoms with E-state index in [0.29, 0.717) is 29.7 Å². The minimum absolute atomic E-state index is 0.214. The largest absolute Gasteiger partial charge is 0.494 e. The molecule has 3 aromatic rings. The Bertz CT molecular complexity index is 955. The topological polar surface area (TPSA) is 69.7 Å². The lowest BCUT2D eigenvalue weighted by molar-refractivity contribution is 0.0888. The number of amides is 1. The van der Waals surface area contributed by atoms with Gasteiger partial charge in [0.1, 0.15) is 12.4 Å². The lowest BCUT2D eigenvalue weighted by Crippen LogP contribution is -2.22. The van der Waals surface area contributed by atoms with Crippen LogP contribution < -0.4 is 19.5 Å². The molecule has 0 spiro atoms. The van der Waals surface area contributed by atoms with E-state index in [-0.39, 0.29) is 12.0 Å². The van der Waals surface area contributed by atoms with Gasteiger partial charge < -0.3 is 14.2 Å². The van der Waals surface area contributed by atoms with Gasteiger partial charge in [0.25, 0.3) is 5.91 Å². The average Bonchev–Trinajstić information content (AvgIpc) is 3.20. The van der Waals surface area contributed by atoms with Crippen LogP contribution in [0.25, 0.3) is 0 Å². The van der Waals surface area contributed by atoms with E-state index in [2.05, 4.69) is 10.3 Å². The highest BCUT2D eigenvalue weighted by atomic mass is 32.1. The fourth-order valence-electron chi connectivity index (χ4n) is 2.75. The first kappa shape index (κ1) is 18.3. The summed E-state index contributed by atoms with van der Waals surface area (Å²) in [7, 11) is 0. The van der Waals surface area contributed by atoms with Crippen LogP contribution in [-0.2, 0) is 0 Å². The number of hydrogen-bond donors (Lipinski definition) is 1. The molecule has 1 aliphatic heterocycles. The molecule has 6 nitrogen and oxygen atoms in total. The molecule has 0 saturated carbocycles. The normalized spacial score (nSPS) is 15.1. The number of thiazole rings is 1. The van der Waals surface area contributed by atoms with E-state index < -0.39 is 0 Å². The van der Waals surface area contributed by atoms with Crippen molar-refractivity contribution in [3.63, 3.8) is 0 Å². The Morgan fingerprint density at radius 1 is 1.21 bits per heavy atom. The predicted molar refractivity (Wildman–Crippen MR) is 108 cm³/mol. The molecule has 28 heavy (non-hydrogen) atoms. The molecule has 0 bridgehead atoms. The van der Waals surface area contributed by atoms with Gasteiger partial charge >= 0.3 is 0 Å². The van der Waals surface area contributed by atoms with Crippen molar-refractivity contribution in [2.24, 2.45) is 0 Å². The molecule has 1 N–H and O–H groups in total. The van der Waals surface area contributed by atoms with Crippen molar-refractivity contribution < 1.29 is 19.0 Å². The van der Waals surface area contributed by atoms with E-state index >= 15 is 0 Å². The summed E-state index contributed by atoms with van der Waals surface area (Å²) < 4.78 is 17.2. The molecule has 7 heteroatoms. The number of nitrogens with zero attached hydrogens (tertiary/aromatic N) is 1. The van der Waals surface area contributed by atoms with Crippen LogP contribution >= 0.6 is 11.3 Å². The van der Waals surface area contributed by atoms with Crippen molar-refractivity contribution in [3.05, 3.63) is 65.2 Å². The quantitative estimate of drug-likeness (QED) is 0.654. The van der Waals surface area contributed by atoms with Gasteiger partial charge in [-0.05, 0) is 42.8 Å². The van der Waals surface area contributed by atoms with Gasteiger partial charge in [-0.1, -0.05) is 19.1 Å². The molecule has 0 radical (unpaired) electrons. The van der Waals surface area contributed by atoms with Gasteiger partial charge in [-0.2, -0.15) is 0 Å². The van der Waals surface area contributed by atoms with Gasteiger partial charge in [0.05, 0.1) is 12.3 Å². The van der Waals surface area contributed by atoms with Crippen molar-refractivity contribution in [3.8, 4) is 17.2 Å². The van der Waals surface area contributed by atoms with E-state index in [0.717, 1.165) is 23.6 Å². The standard InChI is InChI=1S/C21H20N2O4S/c1-2-11-25-15-9-7-14(8-10-15)20(24)23-21-22-16(13-28-21)19-12-26-17-5-3-4-6-18(17)27-19/h3-10,13,19H,2,11-12H2,1H3,(H,22,23,24). The van der Waals surface area contributed by atoms with Crippen LogP contribution in [-0.4, -0.2) is 24.1 Å². The molecule has 1 aliphatic rings. The number of carbonyl (C=O) groups excluding carboxylic acids is 1. The number of aromatic nitrogens is 1. The van der Waals surface area contributed by atoms with Crippen molar-refractivity contribution in [1.29, 1.82) is 0 Å². The summed E-state index contributed by atoms with van der Waals surface area (Å²) >= 11 is 1.36. The van der Waals surface area contributed by atoms with Gasteiger partial charge in [0.2, 0.25) is 0 Å². The first-order valence-electron chi connectivity index (χ1n) is 9.11. The molecule has 4 rings (SSSR count). The monoisotopic (exact) mass is 396 g/mol. The van der Waals surface area contributed by atoms with Crippen LogP contribution in [0.5, 0.6) is 17.2 Å². The number of hydrogen-bond acceptors (Lipinski definition) is 6. The summed E-state index contributed by atoms with van der Waals surface area (Å²) in [5.41, 5.74) is 1.28. The number of carbonyl (C=O) groups is 1. The maximum Gasteiger partial charge on any atom is 0.257 e. The molecule has 1 unspecified atom stereocenters. The molecule has 1 atom stereocenters. The Hall–Kier alpha value is -3.06. The van der Waals surface area contributed by atoms with Crippen molar-refractivity contribution >= 4 is 22.4 Å². The number of nitrogens with one attached hydrogen (secondary N) is 1. The molecule has 1 aromatic heterocycles. The predicted octanol–water partition coefficient (Wildman–Crippen LogP) is 4.70. The highest BCUT2D eigenvalue weighted by Crippen LogP contribution is 2.36. The van der Waals surface area contributed by atoms with E-state index in [1.807, 2.05) is 36.6 Å². The van der Waals surface area contributed by atoms with Crippen molar-refractivity contribution in [2.75, 3.05) is 18.5 Å². The summed E-state index contributed by atoms with van der Waals surface area (Å²) in [6.45, 7) is 3.09. The average molecular weight is 396 g/mol. The highest BCUT2D eigenvalue weighted by molar-refractivity contribution is 7.14. The second-order valence-corrected chi connectivity index (χ2v) is 7.13. The van der Waals surface area contributed by atoms with Crippen molar-refractivity contribution in [1.82, 2.24) is 4.98 Å². The Kier molecular flexibility index (Phi) is 5.43. The highest BCUT2D eigenvalue weighted by Gasteiger charge is 2.24. The summed E-state index contributed by atoms with van der Waals surface area (Å²) in [6.07, 6.45) is 0.641. The number of fused-ring (bicyclic) bond motifs is 1. The smallest absolute Gasteiger partial charge is 0.257 e. The molecule has 2 aromatic carbocycles. The Morgan fingerprint density at radius 3 is 2.79 bits per heavy atom. The summed E-state index contributed by atoms with van der Waals surface area (Å²) in [5, 5.41) is 5.23. The molecule has 144 valence electrons. The van der Waals surface area contributed by atoms with Crippen LogP contribution in [0.15, 0.2) is 53.9 Å². The van der Waals surface area contributed by atoms with Gasteiger partial charge in [0, 0.05) is 10.9 Å². The van der Waals surface area contributed by atoms with E-state index in [4.69, 9.17) is 14.2 Å². The fraction of sp³-hybridized carbons (Fsp3) is 0.238. The number of anilines is 1. The first-order chi connectivity index (χ1) is 13.7. The zero-order chi connectivity index (χ0) is 19.3. The molecule has 0 saturated heterocycles. The van der Waals surface area contributed by atoms with E-state index in [9.17, 15) is 4.79 Å². The van der Waals surface area contributed by atoms with E-state index in [1.165, 1.54) is 11.3 Å². The van der Waals surface area contributed by atoms with Gasteiger partial charge in [-0.25, -0.2) is 4.98 Å².